The van der Waals surface area contributed by atoms with E-state index in [0.717, 1.165) is 10.5 Å². The van der Waals surface area contributed by atoms with Crippen molar-refractivity contribution in [3.63, 3.8) is 0 Å². The van der Waals surface area contributed by atoms with E-state index in [4.69, 9.17) is 9.47 Å². The van der Waals surface area contributed by atoms with Crippen LogP contribution in [0.25, 0.3) is 0 Å². The first-order chi connectivity index (χ1) is 23.0. The molecule has 3 aliphatic heterocycles. The molecule has 1 atom stereocenters. The second-order valence-electron chi connectivity index (χ2n) is 14.6. The lowest BCUT2D eigenvalue weighted by Gasteiger charge is -2.43. The molecule has 3 aliphatic rings. The summed E-state index contributed by atoms with van der Waals surface area (Å²) in [5.41, 5.74) is -0.612. The molecule has 0 aliphatic carbocycles. The van der Waals surface area contributed by atoms with Crippen LogP contribution in [-0.2, 0) is 14.3 Å². The van der Waals surface area contributed by atoms with Crippen LogP contribution in [0.1, 0.15) is 63.4 Å². The van der Waals surface area contributed by atoms with Gasteiger partial charge in [0.05, 0.1) is 12.2 Å². The van der Waals surface area contributed by atoms with Gasteiger partial charge in [0, 0.05) is 44.8 Å². The van der Waals surface area contributed by atoms with Gasteiger partial charge in [-0.1, -0.05) is 25.5 Å². The van der Waals surface area contributed by atoms with Gasteiger partial charge in [-0.3, -0.25) is 24.2 Å². The van der Waals surface area contributed by atoms with E-state index in [9.17, 15) is 28.4 Å². The highest BCUT2D eigenvalue weighted by Crippen LogP contribution is 2.41. The molecule has 13 heteroatoms. The first-order valence-electron chi connectivity index (χ1n) is 16.7. The monoisotopic (exact) mass is 679 g/mol. The minimum atomic E-state index is -1.18. The molecular weight excluding hydrogens is 633 g/mol. The van der Waals surface area contributed by atoms with Crippen molar-refractivity contribution in [1.82, 2.24) is 20.0 Å². The third-order valence-electron chi connectivity index (χ3n) is 9.29. The number of nitrogens with one attached hydrogen (secondary N) is 1. The van der Waals surface area contributed by atoms with Crippen molar-refractivity contribution in [2.45, 2.75) is 71.6 Å². The van der Waals surface area contributed by atoms with Crippen LogP contribution in [0.5, 0.6) is 5.75 Å². The first kappa shape index (κ1) is 35.6. The number of hydrogen-bond acceptors (Lipinski definition) is 7. The maximum absolute atomic E-state index is 14.4. The largest absolute Gasteiger partial charge is 0.493 e. The molecular formula is C36H46FN5O7. The van der Waals surface area contributed by atoms with Crippen molar-refractivity contribution in [2.75, 3.05) is 44.7 Å². The Balaban J connectivity index is 1.21. The standard InChI is InChI=1S/C36H46FN5O7/c1-22(2)29(38-30(43)27-18-23(3)8-13-28(27)37)31(44)40-16-14-36(15-17-40)32(45)39(7)33(46)42(36)25-9-11-26(12-10-25)48-21-24-19-41(20-24)34(47)49-35(4,5)6/h8-13,18,22,24,29H,14-17,19-21H2,1-7H3,(H,38,43)/t29-/m1/s1. The number of aryl methyl sites for hydroxylation is 1. The van der Waals surface area contributed by atoms with Gasteiger partial charge < -0.3 is 24.6 Å². The third kappa shape index (κ3) is 7.35. The molecule has 0 aromatic heterocycles. The molecule has 1 N–H and O–H groups in total. The summed E-state index contributed by atoms with van der Waals surface area (Å²) in [6.45, 7) is 12.7. The lowest BCUT2D eigenvalue weighted by molar-refractivity contribution is -0.139. The Morgan fingerprint density at radius 1 is 1.00 bits per heavy atom. The maximum Gasteiger partial charge on any atom is 0.410 e. The topological polar surface area (TPSA) is 129 Å². The van der Waals surface area contributed by atoms with E-state index in [1.165, 1.54) is 24.1 Å². The van der Waals surface area contributed by atoms with Gasteiger partial charge in [0.1, 0.15) is 28.7 Å². The number of amides is 6. The Kier molecular flexibility index (Phi) is 9.94. The molecule has 3 saturated heterocycles. The van der Waals surface area contributed by atoms with Crippen LogP contribution in [0.2, 0.25) is 0 Å². The molecule has 6 amide bonds. The van der Waals surface area contributed by atoms with Gasteiger partial charge in [0.2, 0.25) is 5.91 Å². The Labute approximate surface area is 286 Å². The smallest absolute Gasteiger partial charge is 0.410 e. The molecule has 0 radical (unpaired) electrons. The summed E-state index contributed by atoms with van der Waals surface area (Å²) < 4.78 is 25.8. The van der Waals surface area contributed by atoms with Crippen molar-refractivity contribution in [3.8, 4) is 5.75 Å². The van der Waals surface area contributed by atoms with E-state index in [-0.39, 0.29) is 61.2 Å². The van der Waals surface area contributed by atoms with Crippen LogP contribution < -0.4 is 15.0 Å². The molecule has 3 fully saturated rings. The average molecular weight is 680 g/mol. The molecule has 2 aromatic rings. The van der Waals surface area contributed by atoms with Gasteiger partial charge in [0.25, 0.3) is 11.8 Å². The number of ether oxygens (including phenoxy) is 2. The number of carbonyl (C=O) groups is 5. The van der Waals surface area contributed by atoms with Gasteiger partial charge in [-0.25, -0.2) is 14.0 Å². The number of likely N-dealkylation sites (tertiary alicyclic amines) is 2. The minimum absolute atomic E-state index is 0.130. The van der Waals surface area contributed by atoms with Crippen LogP contribution in [-0.4, -0.2) is 102 Å². The van der Waals surface area contributed by atoms with Crippen molar-refractivity contribution < 1.29 is 37.8 Å². The number of nitrogens with zero attached hydrogens (tertiary/aromatic N) is 4. The zero-order valence-corrected chi connectivity index (χ0v) is 29.2. The summed E-state index contributed by atoms with van der Waals surface area (Å²) in [6, 6.07) is 9.84. The number of piperidine rings is 1. The summed E-state index contributed by atoms with van der Waals surface area (Å²) >= 11 is 0. The van der Waals surface area contributed by atoms with Gasteiger partial charge in [-0.05, 0) is 82.9 Å². The Hall–Kier alpha value is -4.68. The highest BCUT2D eigenvalue weighted by Gasteiger charge is 2.58. The summed E-state index contributed by atoms with van der Waals surface area (Å²) in [6.07, 6.45) is 0.0633. The third-order valence-corrected chi connectivity index (χ3v) is 9.29. The van der Waals surface area contributed by atoms with E-state index in [2.05, 4.69) is 5.32 Å². The van der Waals surface area contributed by atoms with Crippen LogP contribution in [0, 0.1) is 24.6 Å². The molecule has 264 valence electrons. The number of benzene rings is 2. The predicted octanol–water partition coefficient (Wildman–Crippen LogP) is 4.59. The van der Waals surface area contributed by atoms with Crippen LogP contribution in [0.15, 0.2) is 42.5 Å². The Morgan fingerprint density at radius 3 is 2.22 bits per heavy atom. The second-order valence-corrected chi connectivity index (χ2v) is 14.6. The van der Waals surface area contributed by atoms with E-state index >= 15 is 0 Å². The fraction of sp³-hybridized carbons (Fsp3) is 0.528. The van der Waals surface area contributed by atoms with Crippen LogP contribution in [0.3, 0.4) is 0 Å². The van der Waals surface area contributed by atoms with E-state index in [0.29, 0.717) is 31.1 Å². The summed E-state index contributed by atoms with van der Waals surface area (Å²) in [7, 11) is 1.45. The number of hydrogen-bond donors (Lipinski definition) is 1. The molecule has 0 bridgehead atoms. The highest BCUT2D eigenvalue weighted by molar-refractivity contribution is 6.16. The van der Waals surface area contributed by atoms with Crippen LogP contribution >= 0.6 is 0 Å². The molecule has 49 heavy (non-hydrogen) atoms. The Morgan fingerprint density at radius 2 is 1.63 bits per heavy atom. The zero-order valence-electron chi connectivity index (χ0n) is 29.2. The van der Waals surface area contributed by atoms with Gasteiger partial charge >= 0.3 is 12.1 Å². The lowest BCUT2D eigenvalue weighted by atomic mass is 9.85. The average Bonchev–Trinajstić information content (AvgIpc) is 3.19. The number of urea groups is 1. The number of anilines is 1. The van der Waals surface area contributed by atoms with Crippen LogP contribution in [0.4, 0.5) is 19.7 Å². The molecule has 3 heterocycles. The summed E-state index contributed by atoms with van der Waals surface area (Å²) in [5, 5.41) is 2.72. The normalized spacial score (nSPS) is 18.6. The van der Waals surface area contributed by atoms with E-state index < -0.39 is 34.9 Å². The number of carbonyl (C=O) groups excluding carboxylic acids is 5. The van der Waals surface area contributed by atoms with Crippen molar-refractivity contribution in [3.05, 3.63) is 59.4 Å². The summed E-state index contributed by atoms with van der Waals surface area (Å²) in [4.78, 5) is 71.8. The molecule has 12 nitrogen and oxygen atoms in total. The number of halogens is 1. The van der Waals surface area contributed by atoms with Crippen molar-refractivity contribution in [1.29, 1.82) is 0 Å². The number of imide groups is 1. The maximum atomic E-state index is 14.4. The fourth-order valence-corrected chi connectivity index (χ4v) is 6.52. The number of rotatable bonds is 8. The minimum Gasteiger partial charge on any atom is -0.493 e. The molecule has 1 spiro atoms. The van der Waals surface area contributed by atoms with Crippen molar-refractivity contribution >= 4 is 35.5 Å². The summed E-state index contributed by atoms with van der Waals surface area (Å²) in [5.74, 6) is -1.54. The van der Waals surface area contributed by atoms with Gasteiger partial charge in [-0.15, -0.1) is 0 Å². The quantitative estimate of drug-likeness (QED) is 0.404. The molecule has 0 unspecified atom stereocenters. The Bertz CT molecular complexity index is 1610. The predicted molar refractivity (Wildman–Crippen MR) is 180 cm³/mol. The lowest BCUT2D eigenvalue weighted by Crippen LogP contribution is -2.60. The van der Waals surface area contributed by atoms with Crippen molar-refractivity contribution in [2.24, 2.45) is 11.8 Å². The SMILES string of the molecule is Cc1ccc(F)c(C(=O)N[C@@H](C(=O)N2CCC3(CC2)C(=O)N(C)C(=O)N3c2ccc(OCC3CN(C(=O)OC(C)(C)C)C3)cc2)C(C)C)c1. The molecule has 0 saturated carbocycles. The van der Waals surface area contributed by atoms with Gasteiger partial charge in [-0.2, -0.15) is 0 Å². The van der Waals surface area contributed by atoms with E-state index in [1.807, 2.05) is 20.8 Å². The first-order valence-corrected chi connectivity index (χ1v) is 16.7. The van der Waals surface area contributed by atoms with E-state index in [1.54, 1.807) is 60.9 Å². The number of likely N-dealkylation sites (N-methyl/N-ethyl adjacent to an activating group) is 1. The van der Waals surface area contributed by atoms with Gasteiger partial charge in [0.15, 0.2) is 0 Å². The fourth-order valence-electron chi connectivity index (χ4n) is 6.52. The molecule has 5 rings (SSSR count). The highest BCUT2D eigenvalue weighted by atomic mass is 19.1. The molecule has 2 aromatic carbocycles. The second kappa shape index (κ2) is 13.7. The zero-order chi connectivity index (χ0) is 35.8.